The lowest BCUT2D eigenvalue weighted by atomic mass is 10.2. The van der Waals surface area contributed by atoms with Crippen LogP contribution in [0.3, 0.4) is 0 Å². The summed E-state index contributed by atoms with van der Waals surface area (Å²) in [6, 6.07) is 7.72. The molecular weight excluding hydrogens is 370 g/mol. The zero-order valence-electron chi connectivity index (χ0n) is 14.4. The maximum atomic E-state index is 11.5. The van der Waals surface area contributed by atoms with Crippen molar-refractivity contribution in [2.24, 2.45) is 0 Å². The molecular formula is C18H22ClN5OS. The Balaban J connectivity index is 1.40. The van der Waals surface area contributed by atoms with Crippen LogP contribution in [0.5, 0.6) is 0 Å². The molecule has 0 aliphatic carbocycles. The molecule has 0 bridgehead atoms. The van der Waals surface area contributed by atoms with Crippen molar-refractivity contribution in [2.75, 3.05) is 25.0 Å². The first kappa shape index (κ1) is 18.7. The highest BCUT2D eigenvalue weighted by Crippen LogP contribution is 2.16. The van der Waals surface area contributed by atoms with Gasteiger partial charge in [-0.15, -0.1) is 0 Å². The third-order valence-corrected chi connectivity index (χ3v) is 4.86. The van der Waals surface area contributed by atoms with Gasteiger partial charge in [0.2, 0.25) is 5.91 Å². The highest BCUT2D eigenvalue weighted by atomic mass is 35.5. The number of carbonyl (C=O) groups is 1. The summed E-state index contributed by atoms with van der Waals surface area (Å²) < 4.78 is 1.81. The fourth-order valence-corrected chi connectivity index (χ4v) is 3.32. The number of nitrogens with one attached hydrogen (secondary N) is 2. The maximum Gasteiger partial charge on any atom is 0.222 e. The number of likely N-dealkylation sites (tertiary alicyclic amines) is 1. The lowest BCUT2D eigenvalue weighted by Gasteiger charge is -2.15. The van der Waals surface area contributed by atoms with Gasteiger partial charge in [0.15, 0.2) is 5.11 Å². The Morgan fingerprint density at radius 2 is 2.19 bits per heavy atom. The summed E-state index contributed by atoms with van der Waals surface area (Å²) >= 11 is 11.5. The van der Waals surface area contributed by atoms with Crippen molar-refractivity contribution in [3.05, 3.63) is 47.2 Å². The predicted molar refractivity (Wildman–Crippen MR) is 107 cm³/mol. The number of hydrogen-bond acceptors (Lipinski definition) is 3. The van der Waals surface area contributed by atoms with Crippen LogP contribution >= 0.6 is 23.8 Å². The van der Waals surface area contributed by atoms with E-state index in [9.17, 15) is 4.79 Å². The van der Waals surface area contributed by atoms with E-state index in [1.54, 1.807) is 6.20 Å². The van der Waals surface area contributed by atoms with Crippen molar-refractivity contribution in [1.82, 2.24) is 20.0 Å². The molecule has 2 N–H and O–H groups in total. The number of hydrogen-bond donors (Lipinski definition) is 2. The average Bonchev–Trinajstić information content (AvgIpc) is 3.23. The standard InChI is InChI=1S/C18H22ClN5OS/c19-16-6-2-1-5-14(16)12-24-13-15(11-21-24)22-18(26)20-8-4-10-23-9-3-7-17(23)25/h1-2,5-6,11,13H,3-4,7-10,12H2,(H2,20,22,26). The molecule has 0 unspecified atom stereocenters. The van der Waals surface area contributed by atoms with Gasteiger partial charge in [-0.05, 0) is 36.7 Å². The van der Waals surface area contributed by atoms with Gasteiger partial charge in [-0.1, -0.05) is 29.8 Å². The second-order valence-electron chi connectivity index (χ2n) is 6.24. The Labute approximate surface area is 163 Å². The van der Waals surface area contributed by atoms with E-state index >= 15 is 0 Å². The molecule has 2 heterocycles. The number of aromatic nitrogens is 2. The lowest BCUT2D eigenvalue weighted by molar-refractivity contribution is -0.127. The molecule has 0 spiro atoms. The van der Waals surface area contributed by atoms with Crippen LogP contribution in [-0.2, 0) is 11.3 Å². The Bertz CT molecular complexity index is 778. The smallest absolute Gasteiger partial charge is 0.222 e. The largest absolute Gasteiger partial charge is 0.362 e. The van der Waals surface area contributed by atoms with Crippen LogP contribution < -0.4 is 10.6 Å². The zero-order chi connectivity index (χ0) is 18.4. The van der Waals surface area contributed by atoms with Crippen LogP contribution in [0.25, 0.3) is 0 Å². The molecule has 0 saturated carbocycles. The summed E-state index contributed by atoms with van der Waals surface area (Å²) in [7, 11) is 0. The van der Waals surface area contributed by atoms with Crippen LogP contribution in [0, 0.1) is 0 Å². The summed E-state index contributed by atoms with van der Waals surface area (Å²) in [6.45, 7) is 2.99. The topological polar surface area (TPSA) is 62.2 Å². The first-order chi connectivity index (χ1) is 12.6. The Hall–Kier alpha value is -2.12. The minimum absolute atomic E-state index is 0.261. The van der Waals surface area contributed by atoms with Crippen molar-refractivity contribution in [3.8, 4) is 0 Å². The Kier molecular flexibility index (Phi) is 6.46. The molecule has 0 radical (unpaired) electrons. The van der Waals surface area contributed by atoms with Gasteiger partial charge < -0.3 is 15.5 Å². The normalized spacial score (nSPS) is 13.9. The lowest BCUT2D eigenvalue weighted by Crippen LogP contribution is -2.32. The van der Waals surface area contributed by atoms with Gasteiger partial charge in [-0.3, -0.25) is 9.48 Å². The summed E-state index contributed by atoms with van der Waals surface area (Å²) in [4.78, 5) is 13.5. The minimum atomic E-state index is 0.261. The first-order valence-electron chi connectivity index (χ1n) is 8.70. The van der Waals surface area contributed by atoms with Gasteiger partial charge >= 0.3 is 0 Å². The first-order valence-corrected chi connectivity index (χ1v) is 9.49. The van der Waals surface area contributed by atoms with Crippen molar-refractivity contribution in [2.45, 2.75) is 25.8 Å². The number of halogens is 1. The van der Waals surface area contributed by atoms with Gasteiger partial charge in [-0.2, -0.15) is 5.10 Å². The summed E-state index contributed by atoms with van der Waals surface area (Å²) in [5.41, 5.74) is 1.84. The molecule has 1 amide bonds. The number of nitrogens with zero attached hydrogens (tertiary/aromatic N) is 3. The number of amides is 1. The molecule has 1 aliphatic rings. The van der Waals surface area contributed by atoms with Crippen LogP contribution in [0.15, 0.2) is 36.7 Å². The van der Waals surface area contributed by atoms with Gasteiger partial charge in [0.05, 0.1) is 18.4 Å². The van der Waals surface area contributed by atoms with Crippen LogP contribution in [0.1, 0.15) is 24.8 Å². The van der Waals surface area contributed by atoms with E-state index in [1.807, 2.05) is 40.0 Å². The second kappa shape index (κ2) is 9.00. The summed E-state index contributed by atoms with van der Waals surface area (Å²) in [6.07, 6.45) is 6.16. The third kappa shape index (κ3) is 5.19. The quantitative estimate of drug-likeness (QED) is 0.561. The fourth-order valence-electron chi connectivity index (χ4n) is 2.90. The maximum absolute atomic E-state index is 11.5. The van der Waals surface area contributed by atoms with Gasteiger partial charge in [0.25, 0.3) is 0 Å². The minimum Gasteiger partial charge on any atom is -0.362 e. The molecule has 6 nitrogen and oxygen atoms in total. The molecule has 2 aromatic rings. The van der Waals surface area contributed by atoms with Crippen LogP contribution in [0.2, 0.25) is 5.02 Å². The average molecular weight is 392 g/mol. The van der Waals surface area contributed by atoms with E-state index in [0.29, 0.717) is 18.1 Å². The monoisotopic (exact) mass is 391 g/mol. The Morgan fingerprint density at radius 3 is 2.96 bits per heavy atom. The molecule has 1 aromatic carbocycles. The summed E-state index contributed by atoms with van der Waals surface area (Å²) in [5, 5.41) is 11.9. The number of thiocarbonyl (C=S) groups is 1. The molecule has 3 rings (SSSR count). The summed E-state index contributed by atoms with van der Waals surface area (Å²) in [5.74, 6) is 0.261. The van der Waals surface area contributed by atoms with E-state index in [4.69, 9.17) is 23.8 Å². The van der Waals surface area contributed by atoms with Crippen molar-refractivity contribution in [3.63, 3.8) is 0 Å². The number of anilines is 1. The van der Waals surface area contributed by atoms with Crippen LogP contribution in [0.4, 0.5) is 5.69 Å². The van der Waals surface area contributed by atoms with Crippen molar-refractivity contribution < 1.29 is 4.79 Å². The number of benzene rings is 1. The number of rotatable bonds is 7. The molecule has 8 heteroatoms. The second-order valence-corrected chi connectivity index (χ2v) is 7.05. The SMILES string of the molecule is O=C1CCCN1CCCNC(=S)Nc1cnn(Cc2ccccc2Cl)c1. The van der Waals surface area contributed by atoms with E-state index in [-0.39, 0.29) is 5.91 Å². The predicted octanol–water partition coefficient (Wildman–Crippen LogP) is 2.88. The zero-order valence-corrected chi connectivity index (χ0v) is 16.0. The highest BCUT2D eigenvalue weighted by molar-refractivity contribution is 7.80. The van der Waals surface area contributed by atoms with Crippen molar-refractivity contribution >= 4 is 40.5 Å². The molecule has 138 valence electrons. The molecule has 26 heavy (non-hydrogen) atoms. The molecule has 1 fully saturated rings. The highest BCUT2D eigenvalue weighted by Gasteiger charge is 2.18. The van der Waals surface area contributed by atoms with E-state index < -0.39 is 0 Å². The van der Waals surface area contributed by atoms with Crippen molar-refractivity contribution in [1.29, 1.82) is 0 Å². The van der Waals surface area contributed by atoms with Gasteiger partial charge in [-0.25, -0.2) is 0 Å². The Morgan fingerprint density at radius 1 is 1.35 bits per heavy atom. The van der Waals surface area contributed by atoms with E-state index in [1.165, 1.54) is 0 Å². The van der Waals surface area contributed by atoms with Gasteiger partial charge in [0.1, 0.15) is 0 Å². The molecule has 1 saturated heterocycles. The molecule has 1 aliphatic heterocycles. The van der Waals surface area contributed by atoms with Crippen LogP contribution in [-0.4, -0.2) is 45.3 Å². The molecule has 0 atom stereocenters. The van der Waals surface area contributed by atoms with Gasteiger partial charge in [0, 0.05) is 37.3 Å². The fraction of sp³-hybridized carbons (Fsp3) is 0.389. The third-order valence-electron chi connectivity index (χ3n) is 4.24. The van der Waals surface area contributed by atoms with E-state index in [0.717, 1.165) is 48.7 Å². The molecule has 1 aromatic heterocycles. The number of carbonyl (C=O) groups excluding carboxylic acids is 1. The van der Waals surface area contributed by atoms with E-state index in [2.05, 4.69) is 15.7 Å².